The molecule has 2 aromatic rings. The number of aryl methyl sites for hydroxylation is 2. The maximum absolute atomic E-state index is 12.8. The third kappa shape index (κ3) is 4.17. The second-order valence-corrected chi connectivity index (χ2v) is 7.15. The van der Waals surface area contributed by atoms with Gasteiger partial charge in [0.2, 0.25) is 5.91 Å². The molecule has 124 valence electrons. The quantitative estimate of drug-likeness (QED) is 0.843. The molecular formula is C16H23N5OS. The molecule has 2 N–H and O–H groups in total. The highest BCUT2D eigenvalue weighted by Crippen LogP contribution is 2.19. The van der Waals surface area contributed by atoms with Crippen LogP contribution in [0.4, 0.5) is 0 Å². The number of aromatic nitrogens is 3. The molecule has 1 amide bonds. The maximum atomic E-state index is 12.8. The van der Waals surface area contributed by atoms with Crippen LogP contribution in [0.2, 0.25) is 0 Å². The molecule has 1 fully saturated rings. The number of rotatable bonds is 6. The number of nitrogens with one attached hydrogen (secondary N) is 2. The molecule has 3 heterocycles. The van der Waals surface area contributed by atoms with Crippen molar-refractivity contribution in [3.05, 3.63) is 33.5 Å². The molecule has 3 rings (SSSR count). The number of thiazole rings is 1. The number of hydrogen-bond acceptors (Lipinski definition) is 5. The first-order valence-corrected chi connectivity index (χ1v) is 8.88. The van der Waals surface area contributed by atoms with Gasteiger partial charge >= 0.3 is 0 Å². The van der Waals surface area contributed by atoms with Crippen LogP contribution in [-0.4, -0.2) is 45.6 Å². The minimum atomic E-state index is 0.135. The predicted octanol–water partition coefficient (Wildman–Crippen LogP) is 1.66. The minimum Gasteiger partial charge on any atom is -0.337 e. The molecule has 0 spiro atoms. The predicted molar refractivity (Wildman–Crippen MR) is 90.3 cm³/mol. The topological polar surface area (TPSA) is 73.9 Å². The highest BCUT2D eigenvalue weighted by atomic mass is 32.1. The average Bonchev–Trinajstić information content (AvgIpc) is 3.23. The molecule has 7 heteroatoms. The van der Waals surface area contributed by atoms with Crippen molar-refractivity contribution in [3.63, 3.8) is 0 Å². The summed E-state index contributed by atoms with van der Waals surface area (Å²) < 4.78 is 0. The van der Waals surface area contributed by atoms with Crippen LogP contribution in [-0.2, 0) is 17.8 Å². The van der Waals surface area contributed by atoms with E-state index in [9.17, 15) is 4.79 Å². The lowest BCUT2D eigenvalue weighted by Crippen LogP contribution is -2.36. The molecule has 6 nitrogen and oxygen atoms in total. The maximum Gasteiger partial charge on any atom is 0.228 e. The summed E-state index contributed by atoms with van der Waals surface area (Å²) in [6.45, 7) is 7.44. The number of aromatic amines is 1. The Morgan fingerprint density at radius 1 is 1.48 bits per heavy atom. The summed E-state index contributed by atoms with van der Waals surface area (Å²) in [5.74, 6) is 0.671. The van der Waals surface area contributed by atoms with Crippen LogP contribution in [0.5, 0.6) is 0 Å². The number of hydrogen-bond donors (Lipinski definition) is 2. The third-order valence-corrected chi connectivity index (χ3v) is 5.18. The van der Waals surface area contributed by atoms with Gasteiger partial charge in [-0.05, 0) is 45.3 Å². The highest BCUT2D eigenvalue weighted by molar-refractivity contribution is 7.09. The fourth-order valence-electron chi connectivity index (χ4n) is 2.92. The standard InChI is InChI=1S/C16H23N5OS/c1-11-5-14(20-19-11)6-16(22)21(8-13-3-4-17-7-13)9-15-12(2)18-10-23-15/h5,10,13,17H,3-4,6-9H2,1-2H3,(H,19,20)/t13-/m1/s1. The first-order valence-electron chi connectivity index (χ1n) is 8.00. The molecule has 0 bridgehead atoms. The zero-order valence-electron chi connectivity index (χ0n) is 13.6. The van der Waals surface area contributed by atoms with Crippen LogP contribution in [0.15, 0.2) is 11.6 Å². The van der Waals surface area contributed by atoms with E-state index >= 15 is 0 Å². The molecule has 1 aliphatic heterocycles. The minimum absolute atomic E-state index is 0.135. The number of carbonyl (C=O) groups excluding carboxylic acids is 1. The molecule has 1 aliphatic rings. The normalized spacial score (nSPS) is 17.6. The van der Waals surface area contributed by atoms with Crippen molar-refractivity contribution >= 4 is 17.2 Å². The summed E-state index contributed by atoms with van der Waals surface area (Å²) in [5, 5.41) is 10.5. The zero-order valence-corrected chi connectivity index (χ0v) is 14.4. The van der Waals surface area contributed by atoms with Gasteiger partial charge in [0.05, 0.1) is 29.9 Å². The van der Waals surface area contributed by atoms with Gasteiger partial charge in [0.25, 0.3) is 0 Å². The Bertz CT molecular complexity index is 659. The molecular weight excluding hydrogens is 310 g/mol. The zero-order chi connectivity index (χ0) is 16.2. The van der Waals surface area contributed by atoms with Crippen molar-refractivity contribution in [1.29, 1.82) is 0 Å². The van der Waals surface area contributed by atoms with Crippen LogP contribution in [0.25, 0.3) is 0 Å². The first-order chi connectivity index (χ1) is 11.1. The molecule has 0 radical (unpaired) electrons. The molecule has 0 unspecified atom stereocenters. The van der Waals surface area contributed by atoms with Gasteiger partial charge in [0, 0.05) is 17.1 Å². The summed E-state index contributed by atoms with van der Waals surface area (Å²) in [6, 6.07) is 1.94. The summed E-state index contributed by atoms with van der Waals surface area (Å²) in [6.07, 6.45) is 1.48. The van der Waals surface area contributed by atoms with Gasteiger partial charge in [-0.2, -0.15) is 5.10 Å². The van der Waals surface area contributed by atoms with E-state index in [0.717, 1.165) is 43.1 Å². The molecule has 0 aliphatic carbocycles. The van der Waals surface area contributed by atoms with Gasteiger partial charge in [0.1, 0.15) is 0 Å². The summed E-state index contributed by atoms with van der Waals surface area (Å²) in [7, 11) is 0. The van der Waals surface area contributed by atoms with E-state index in [1.165, 1.54) is 4.88 Å². The highest BCUT2D eigenvalue weighted by Gasteiger charge is 2.23. The van der Waals surface area contributed by atoms with Crippen LogP contribution in [0.3, 0.4) is 0 Å². The van der Waals surface area contributed by atoms with Crippen LogP contribution in [0.1, 0.15) is 28.4 Å². The van der Waals surface area contributed by atoms with Crippen LogP contribution >= 0.6 is 11.3 Å². The fraction of sp³-hybridized carbons (Fsp3) is 0.562. The largest absolute Gasteiger partial charge is 0.337 e. The molecule has 1 atom stereocenters. The molecule has 1 saturated heterocycles. The van der Waals surface area contributed by atoms with Crippen LogP contribution < -0.4 is 5.32 Å². The summed E-state index contributed by atoms with van der Waals surface area (Å²) >= 11 is 1.62. The van der Waals surface area contributed by atoms with Gasteiger partial charge in [-0.3, -0.25) is 9.89 Å². The summed E-state index contributed by atoms with van der Waals surface area (Å²) in [4.78, 5) is 20.2. The molecule has 0 aromatic carbocycles. The lowest BCUT2D eigenvalue weighted by atomic mass is 10.1. The van der Waals surface area contributed by atoms with Crippen molar-refractivity contribution in [3.8, 4) is 0 Å². The van der Waals surface area contributed by atoms with E-state index in [1.807, 2.05) is 30.3 Å². The first kappa shape index (κ1) is 16.1. The second-order valence-electron chi connectivity index (χ2n) is 6.21. The van der Waals surface area contributed by atoms with E-state index in [1.54, 1.807) is 11.3 Å². The van der Waals surface area contributed by atoms with E-state index in [0.29, 0.717) is 18.9 Å². The number of carbonyl (C=O) groups is 1. The van der Waals surface area contributed by atoms with Crippen molar-refractivity contribution in [1.82, 2.24) is 25.4 Å². The Kier molecular flexibility index (Phi) is 5.07. The number of amides is 1. The average molecular weight is 333 g/mol. The second kappa shape index (κ2) is 7.23. The van der Waals surface area contributed by atoms with E-state index < -0.39 is 0 Å². The Balaban J connectivity index is 1.70. The van der Waals surface area contributed by atoms with Gasteiger partial charge in [-0.1, -0.05) is 0 Å². The Morgan fingerprint density at radius 3 is 2.96 bits per heavy atom. The Morgan fingerprint density at radius 2 is 2.35 bits per heavy atom. The Hall–Kier alpha value is -1.73. The van der Waals surface area contributed by atoms with Crippen molar-refractivity contribution in [2.24, 2.45) is 5.92 Å². The molecule has 2 aromatic heterocycles. The van der Waals surface area contributed by atoms with Gasteiger partial charge < -0.3 is 10.2 Å². The fourth-order valence-corrected chi connectivity index (χ4v) is 3.71. The van der Waals surface area contributed by atoms with Crippen molar-refractivity contribution in [2.45, 2.75) is 33.2 Å². The van der Waals surface area contributed by atoms with E-state index in [2.05, 4.69) is 20.5 Å². The van der Waals surface area contributed by atoms with Crippen molar-refractivity contribution < 1.29 is 4.79 Å². The summed E-state index contributed by atoms with van der Waals surface area (Å²) in [5.41, 5.74) is 4.66. The van der Waals surface area contributed by atoms with E-state index in [-0.39, 0.29) is 5.91 Å². The smallest absolute Gasteiger partial charge is 0.228 e. The van der Waals surface area contributed by atoms with Gasteiger partial charge in [-0.15, -0.1) is 11.3 Å². The molecule has 23 heavy (non-hydrogen) atoms. The lowest BCUT2D eigenvalue weighted by Gasteiger charge is -2.25. The molecule has 0 saturated carbocycles. The SMILES string of the molecule is Cc1cc(CC(=O)N(Cc2scnc2C)C[C@@H]2CCNC2)n[nH]1. The monoisotopic (exact) mass is 333 g/mol. The van der Waals surface area contributed by atoms with Gasteiger partial charge in [0.15, 0.2) is 0 Å². The number of nitrogens with zero attached hydrogens (tertiary/aromatic N) is 3. The van der Waals surface area contributed by atoms with Crippen molar-refractivity contribution in [2.75, 3.05) is 19.6 Å². The van der Waals surface area contributed by atoms with Gasteiger partial charge in [-0.25, -0.2) is 4.98 Å². The lowest BCUT2D eigenvalue weighted by molar-refractivity contribution is -0.131. The Labute approximate surface area is 140 Å². The van der Waals surface area contributed by atoms with E-state index in [4.69, 9.17) is 0 Å². The number of H-pyrrole nitrogens is 1. The third-order valence-electron chi connectivity index (χ3n) is 4.26. The van der Waals surface area contributed by atoms with Crippen LogP contribution in [0, 0.1) is 19.8 Å².